The summed E-state index contributed by atoms with van der Waals surface area (Å²) in [4.78, 5) is 8.78. The lowest BCUT2D eigenvalue weighted by Gasteiger charge is -2.14. The predicted octanol–water partition coefficient (Wildman–Crippen LogP) is 1.09. The summed E-state index contributed by atoms with van der Waals surface area (Å²) in [5, 5.41) is 10.3. The normalized spacial score (nSPS) is 21.2. The molecule has 1 fully saturated rings. The van der Waals surface area contributed by atoms with Crippen molar-refractivity contribution in [3.8, 4) is 0 Å². The van der Waals surface area contributed by atoms with Crippen LogP contribution in [0.1, 0.15) is 17.7 Å². The first-order chi connectivity index (χ1) is 10.5. The van der Waals surface area contributed by atoms with Crippen LogP contribution in [-0.2, 0) is 13.5 Å². The summed E-state index contributed by atoms with van der Waals surface area (Å²) >= 11 is 0. The molecular formula is C14H20FN7. The van der Waals surface area contributed by atoms with Gasteiger partial charge in [-0.05, 0) is 13.3 Å². The minimum Gasteiger partial charge on any atom is -0.383 e. The zero-order valence-electron chi connectivity index (χ0n) is 12.7. The summed E-state index contributed by atoms with van der Waals surface area (Å²) < 4.78 is 15.0. The Balaban J connectivity index is 1.80. The van der Waals surface area contributed by atoms with E-state index in [1.54, 1.807) is 10.9 Å². The van der Waals surface area contributed by atoms with Crippen molar-refractivity contribution in [2.75, 3.05) is 17.6 Å². The lowest BCUT2D eigenvalue weighted by atomic mass is 10.1. The van der Waals surface area contributed by atoms with Crippen LogP contribution in [0.2, 0.25) is 0 Å². The molecule has 8 heteroatoms. The minimum absolute atomic E-state index is 0.0919. The number of anilines is 3. The fourth-order valence-electron chi connectivity index (χ4n) is 2.61. The van der Waals surface area contributed by atoms with E-state index in [4.69, 9.17) is 5.73 Å². The van der Waals surface area contributed by atoms with Gasteiger partial charge in [0.05, 0.1) is 17.6 Å². The average molecular weight is 305 g/mol. The molecule has 0 unspecified atom stereocenters. The fraction of sp³-hybridized carbons (Fsp3) is 0.500. The van der Waals surface area contributed by atoms with Gasteiger partial charge in [-0.1, -0.05) is 0 Å². The number of aromatic nitrogens is 4. The minimum atomic E-state index is -0.780. The second-order valence-electron chi connectivity index (χ2n) is 5.67. The molecule has 0 spiro atoms. The molecule has 0 aliphatic carbocycles. The van der Waals surface area contributed by atoms with E-state index in [1.807, 2.05) is 20.2 Å². The third kappa shape index (κ3) is 3.16. The number of hydrogen-bond donors (Lipinski definition) is 3. The Kier molecular flexibility index (Phi) is 3.93. The average Bonchev–Trinajstić information content (AvgIpc) is 3.04. The quantitative estimate of drug-likeness (QED) is 0.783. The Morgan fingerprint density at radius 3 is 2.95 bits per heavy atom. The van der Waals surface area contributed by atoms with Crippen LogP contribution < -0.4 is 16.4 Å². The molecule has 0 aromatic carbocycles. The molecule has 3 heterocycles. The molecule has 0 bridgehead atoms. The van der Waals surface area contributed by atoms with Gasteiger partial charge in [0.15, 0.2) is 0 Å². The Morgan fingerprint density at radius 1 is 1.50 bits per heavy atom. The van der Waals surface area contributed by atoms with E-state index in [9.17, 15) is 4.39 Å². The molecule has 4 N–H and O–H groups in total. The third-order valence-corrected chi connectivity index (χ3v) is 3.85. The number of hydrogen-bond acceptors (Lipinski definition) is 6. The number of nitrogens with zero attached hydrogens (tertiary/aromatic N) is 4. The van der Waals surface area contributed by atoms with Gasteiger partial charge in [0, 0.05) is 37.8 Å². The maximum absolute atomic E-state index is 13.3. The Morgan fingerprint density at radius 2 is 2.32 bits per heavy atom. The van der Waals surface area contributed by atoms with Crippen LogP contribution >= 0.6 is 0 Å². The van der Waals surface area contributed by atoms with E-state index >= 15 is 0 Å². The maximum Gasteiger partial charge on any atom is 0.229 e. The third-order valence-electron chi connectivity index (χ3n) is 3.85. The second-order valence-corrected chi connectivity index (χ2v) is 5.67. The van der Waals surface area contributed by atoms with Gasteiger partial charge in [-0.2, -0.15) is 10.1 Å². The van der Waals surface area contributed by atoms with Crippen LogP contribution in [0.4, 0.5) is 21.8 Å². The van der Waals surface area contributed by atoms with Crippen molar-refractivity contribution in [3.63, 3.8) is 0 Å². The van der Waals surface area contributed by atoms with Gasteiger partial charge in [0.25, 0.3) is 0 Å². The zero-order chi connectivity index (χ0) is 15.7. The molecule has 0 radical (unpaired) electrons. The summed E-state index contributed by atoms with van der Waals surface area (Å²) in [5.41, 5.74) is 8.45. The van der Waals surface area contributed by atoms with Crippen LogP contribution in [0.3, 0.4) is 0 Å². The first kappa shape index (κ1) is 14.7. The topological polar surface area (TPSA) is 93.7 Å². The van der Waals surface area contributed by atoms with E-state index < -0.39 is 6.17 Å². The molecule has 2 aromatic heterocycles. The Labute approximate surface area is 128 Å². The summed E-state index contributed by atoms with van der Waals surface area (Å²) in [6, 6.07) is 0.0919. The van der Waals surface area contributed by atoms with Crippen molar-refractivity contribution in [2.45, 2.75) is 32.0 Å². The zero-order valence-corrected chi connectivity index (χ0v) is 12.7. The molecule has 118 valence electrons. The van der Waals surface area contributed by atoms with Gasteiger partial charge in [0.1, 0.15) is 12.0 Å². The van der Waals surface area contributed by atoms with E-state index in [2.05, 4.69) is 25.7 Å². The second kappa shape index (κ2) is 5.88. The molecule has 0 amide bonds. The molecule has 1 aliphatic heterocycles. The number of halogens is 1. The van der Waals surface area contributed by atoms with E-state index in [0.717, 1.165) is 16.9 Å². The van der Waals surface area contributed by atoms with Gasteiger partial charge < -0.3 is 16.4 Å². The number of nitrogen functional groups attached to an aromatic ring is 1. The highest BCUT2D eigenvalue weighted by molar-refractivity contribution is 5.54. The monoisotopic (exact) mass is 305 g/mol. The van der Waals surface area contributed by atoms with Crippen LogP contribution in [-0.4, -0.2) is 38.5 Å². The highest BCUT2D eigenvalue weighted by Crippen LogP contribution is 2.21. The Hall–Kier alpha value is -2.22. The van der Waals surface area contributed by atoms with Crippen molar-refractivity contribution in [1.82, 2.24) is 25.1 Å². The van der Waals surface area contributed by atoms with E-state index in [0.29, 0.717) is 31.2 Å². The molecule has 2 atom stereocenters. The van der Waals surface area contributed by atoms with Crippen molar-refractivity contribution in [3.05, 3.63) is 23.7 Å². The molecule has 2 aromatic rings. The van der Waals surface area contributed by atoms with Gasteiger partial charge in [-0.3, -0.25) is 4.68 Å². The predicted molar refractivity (Wildman–Crippen MR) is 82.7 cm³/mol. The van der Waals surface area contributed by atoms with Crippen LogP contribution in [0.5, 0.6) is 0 Å². The van der Waals surface area contributed by atoms with Crippen molar-refractivity contribution in [2.24, 2.45) is 7.05 Å². The van der Waals surface area contributed by atoms with Gasteiger partial charge >= 0.3 is 0 Å². The van der Waals surface area contributed by atoms with E-state index in [1.165, 1.54) is 0 Å². The largest absolute Gasteiger partial charge is 0.383 e. The number of alkyl halides is 1. The number of nitrogens with one attached hydrogen (secondary N) is 2. The molecule has 3 rings (SSSR count). The maximum atomic E-state index is 13.3. The van der Waals surface area contributed by atoms with Crippen LogP contribution in [0.25, 0.3) is 0 Å². The first-order valence-corrected chi connectivity index (χ1v) is 7.27. The summed E-state index contributed by atoms with van der Waals surface area (Å²) in [7, 11) is 1.83. The highest BCUT2D eigenvalue weighted by Gasteiger charge is 2.25. The smallest absolute Gasteiger partial charge is 0.229 e. The highest BCUT2D eigenvalue weighted by atomic mass is 19.1. The number of rotatable bonds is 4. The van der Waals surface area contributed by atoms with Crippen molar-refractivity contribution >= 4 is 17.5 Å². The summed E-state index contributed by atoms with van der Waals surface area (Å²) in [6.07, 6.45) is 3.88. The lowest BCUT2D eigenvalue weighted by Crippen LogP contribution is -2.25. The molecule has 1 aliphatic rings. The molecular weight excluding hydrogens is 285 g/mol. The van der Waals surface area contributed by atoms with Crippen molar-refractivity contribution in [1.29, 1.82) is 0 Å². The summed E-state index contributed by atoms with van der Waals surface area (Å²) in [5.74, 6) is 0.868. The van der Waals surface area contributed by atoms with Crippen LogP contribution in [0.15, 0.2) is 12.4 Å². The lowest BCUT2D eigenvalue weighted by molar-refractivity contribution is 0.355. The summed E-state index contributed by atoms with van der Waals surface area (Å²) in [6.45, 7) is 2.30. The molecule has 7 nitrogen and oxygen atoms in total. The van der Waals surface area contributed by atoms with Gasteiger partial charge in [-0.25, -0.2) is 9.37 Å². The fourth-order valence-corrected chi connectivity index (χ4v) is 2.61. The number of nitrogens with two attached hydrogens (primary N) is 1. The molecule has 0 saturated carbocycles. The van der Waals surface area contributed by atoms with Gasteiger partial charge in [-0.15, -0.1) is 0 Å². The Bertz CT molecular complexity index is 669. The molecule has 1 saturated heterocycles. The number of aryl methyl sites for hydroxylation is 1. The first-order valence-electron chi connectivity index (χ1n) is 7.27. The van der Waals surface area contributed by atoms with Crippen molar-refractivity contribution < 1.29 is 4.39 Å². The van der Waals surface area contributed by atoms with Gasteiger partial charge in [0.2, 0.25) is 5.95 Å². The standard InChI is InChI=1S/C14H20FN7/c1-8-12(4-10-3-9(15)5-17-10)20-14(21-13(8)16)19-11-6-18-22(2)7-11/h6-7,9-10,17H,3-5H2,1-2H3,(H3,16,19,20,21)/t9-,10+/m0/s1. The SMILES string of the molecule is Cc1c(N)nc(Nc2cnn(C)c2)nc1C[C@H]1C[C@H](F)CN1. The van der Waals surface area contributed by atoms with E-state index in [-0.39, 0.29) is 6.04 Å². The molecule has 22 heavy (non-hydrogen) atoms. The van der Waals surface area contributed by atoms with Crippen LogP contribution in [0, 0.1) is 6.92 Å².